The average Bonchev–Trinajstić information content (AvgIpc) is 3.20. The van der Waals surface area contributed by atoms with Gasteiger partial charge in [0, 0.05) is 18.4 Å². The zero-order valence-corrected chi connectivity index (χ0v) is 24.3. The molecule has 3 aliphatic carbocycles. The molecule has 4 aliphatic rings. The monoisotopic (exact) mass is 597 g/mol. The molecule has 13 heteroatoms. The summed E-state index contributed by atoms with van der Waals surface area (Å²) in [6.45, 7) is 2.97. The smallest absolute Gasteiger partial charge is 0.409 e. The highest BCUT2D eigenvalue weighted by atomic mass is 35.5. The number of Topliss-reactive ketones (excluding diaryl/α,β-unsaturated/α-hetero) is 1. The fourth-order valence-corrected chi connectivity index (χ4v) is 7.12. The highest BCUT2D eigenvalue weighted by molar-refractivity contribution is 6.51. The fourth-order valence-electron chi connectivity index (χ4n) is 6.29. The first-order valence-corrected chi connectivity index (χ1v) is 14.8. The number of rotatable bonds is 10. The SMILES string of the molecule is CC(C)(C#N)OC(=O)N[C@H](C(=O)N1C[C@H]2[C@@H]([C@H]1C(=O)NC(CC1CCC1)C(=O)C(N)=O)C2(Cl)Cl)C1CCCCC1. The molecule has 1 unspecified atom stereocenters. The minimum absolute atomic E-state index is 0.0925. The molecule has 3 saturated carbocycles. The number of fused-ring (bicyclic) bond motifs is 1. The van der Waals surface area contributed by atoms with Gasteiger partial charge in [-0.15, -0.1) is 23.2 Å². The Hall–Kier alpha value is -2.58. The predicted octanol–water partition coefficient (Wildman–Crippen LogP) is 2.32. The van der Waals surface area contributed by atoms with E-state index in [2.05, 4.69) is 10.6 Å². The van der Waals surface area contributed by atoms with Crippen molar-refractivity contribution < 1.29 is 28.7 Å². The van der Waals surface area contributed by atoms with E-state index in [1.807, 2.05) is 6.07 Å². The first-order chi connectivity index (χ1) is 18.8. The Kier molecular flexibility index (Phi) is 8.91. The number of carbonyl (C=O) groups is 5. The van der Waals surface area contributed by atoms with Crippen LogP contribution in [0.25, 0.3) is 0 Å². The summed E-state index contributed by atoms with van der Waals surface area (Å²) in [5.74, 6) is -4.11. The second kappa shape index (κ2) is 11.7. The molecule has 0 aromatic heterocycles. The molecular formula is C27H37Cl2N5O6. The summed E-state index contributed by atoms with van der Waals surface area (Å²) in [5, 5.41) is 14.6. The normalized spacial score (nSPS) is 27.3. The van der Waals surface area contributed by atoms with Crippen molar-refractivity contribution in [3.8, 4) is 6.07 Å². The topological polar surface area (TPSA) is 172 Å². The highest BCUT2D eigenvalue weighted by Crippen LogP contribution is 2.65. The zero-order chi connectivity index (χ0) is 29.4. The van der Waals surface area contributed by atoms with Crippen LogP contribution in [-0.2, 0) is 23.9 Å². The van der Waals surface area contributed by atoms with Gasteiger partial charge in [0.25, 0.3) is 5.91 Å². The third-order valence-corrected chi connectivity index (χ3v) is 9.90. The molecular weight excluding hydrogens is 561 g/mol. The molecule has 1 saturated heterocycles. The Balaban J connectivity index is 1.56. The van der Waals surface area contributed by atoms with Crippen molar-refractivity contribution in [2.75, 3.05) is 6.54 Å². The van der Waals surface area contributed by atoms with Crippen LogP contribution in [0.5, 0.6) is 0 Å². The van der Waals surface area contributed by atoms with Crippen molar-refractivity contribution in [3.05, 3.63) is 0 Å². The maximum Gasteiger partial charge on any atom is 0.409 e. The molecule has 0 aromatic carbocycles. The molecule has 0 bridgehead atoms. The van der Waals surface area contributed by atoms with Crippen molar-refractivity contribution in [2.24, 2.45) is 29.4 Å². The van der Waals surface area contributed by atoms with Gasteiger partial charge in [0.15, 0.2) is 5.60 Å². The van der Waals surface area contributed by atoms with Crippen LogP contribution in [0.15, 0.2) is 0 Å². The largest absolute Gasteiger partial charge is 0.428 e. The number of nitriles is 1. The number of alkyl carbamates (subject to hydrolysis) is 1. The van der Waals surface area contributed by atoms with Gasteiger partial charge in [0.2, 0.25) is 17.6 Å². The standard InChI is InChI=1S/C27H37Cl2N5O6/c1-26(2,13-30)40-25(39)33-19(15-9-4-3-5-10-15)24(38)34-12-16-18(27(16,28)29)20(34)23(37)32-17(21(35)22(31)36)11-14-7-6-8-14/h14-20H,3-12H2,1-2H3,(H2,31,36)(H,32,37)(H,33,39)/t16-,17?,18-,19-,20-/m0/s1. The van der Waals surface area contributed by atoms with Crippen LogP contribution in [0.1, 0.15) is 71.6 Å². The number of carbonyl (C=O) groups excluding carboxylic acids is 5. The first kappa shape index (κ1) is 30.4. The molecule has 220 valence electrons. The quantitative estimate of drug-likeness (QED) is 0.256. The lowest BCUT2D eigenvalue weighted by atomic mass is 9.80. The van der Waals surface area contributed by atoms with E-state index < -0.39 is 63.6 Å². The molecule has 0 aromatic rings. The lowest BCUT2D eigenvalue weighted by molar-refractivity contribution is -0.144. The summed E-state index contributed by atoms with van der Waals surface area (Å²) in [6.07, 6.45) is 6.33. The summed E-state index contributed by atoms with van der Waals surface area (Å²) in [4.78, 5) is 66.1. The molecule has 4 rings (SSSR count). The molecule has 1 aliphatic heterocycles. The van der Waals surface area contributed by atoms with Crippen LogP contribution in [0.4, 0.5) is 4.79 Å². The number of halogens is 2. The molecule has 11 nitrogen and oxygen atoms in total. The number of piperidine rings is 1. The minimum atomic E-state index is -1.40. The summed E-state index contributed by atoms with van der Waals surface area (Å²) in [6, 6.07) is -1.32. The second-order valence-electron chi connectivity index (χ2n) is 12.1. The van der Waals surface area contributed by atoms with Gasteiger partial charge in [0.1, 0.15) is 22.5 Å². The van der Waals surface area contributed by atoms with Gasteiger partial charge in [-0.1, -0.05) is 38.5 Å². The predicted molar refractivity (Wildman–Crippen MR) is 145 cm³/mol. The number of nitrogens with two attached hydrogens (primary N) is 1. The van der Waals surface area contributed by atoms with E-state index in [1.54, 1.807) is 0 Å². The van der Waals surface area contributed by atoms with E-state index in [9.17, 15) is 29.2 Å². The summed E-state index contributed by atoms with van der Waals surface area (Å²) in [7, 11) is 0. The summed E-state index contributed by atoms with van der Waals surface area (Å²) in [5.41, 5.74) is 3.86. The van der Waals surface area contributed by atoms with Crippen LogP contribution >= 0.6 is 23.2 Å². The van der Waals surface area contributed by atoms with Crippen LogP contribution in [0.3, 0.4) is 0 Å². The van der Waals surface area contributed by atoms with Crippen molar-refractivity contribution in [1.29, 1.82) is 5.26 Å². The Labute approximate surface area is 243 Å². The molecule has 5 atom stereocenters. The van der Waals surface area contributed by atoms with Gasteiger partial charge in [-0.25, -0.2) is 4.79 Å². The number of ether oxygens (including phenoxy) is 1. The number of nitrogens with zero attached hydrogens (tertiary/aromatic N) is 2. The van der Waals surface area contributed by atoms with Crippen LogP contribution in [-0.4, -0.2) is 69.1 Å². The van der Waals surface area contributed by atoms with Gasteiger partial charge in [-0.2, -0.15) is 5.26 Å². The lowest BCUT2D eigenvalue weighted by Gasteiger charge is -2.37. The molecule has 1 heterocycles. The van der Waals surface area contributed by atoms with E-state index in [0.29, 0.717) is 12.8 Å². The Bertz CT molecular complexity index is 1100. The summed E-state index contributed by atoms with van der Waals surface area (Å²) < 4.78 is 4.01. The third kappa shape index (κ3) is 6.33. The van der Waals surface area contributed by atoms with Gasteiger partial charge >= 0.3 is 6.09 Å². The van der Waals surface area contributed by atoms with E-state index in [1.165, 1.54) is 18.7 Å². The molecule has 0 spiro atoms. The average molecular weight is 599 g/mol. The number of nitrogens with one attached hydrogen (secondary N) is 2. The zero-order valence-electron chi connectivity index (χ0n) is 22.8. The Morgan fingerprint density at radius 1 is 1.07 bits per heavy atom. The van der Waals surface area contributed by atoms with E-state index in [-0.39, 0.29) is 30.7 Å². The number of likely N-dealkylation sites (tertiary alicyclic amines) is 1. The number of amides is 4. The number of primary amides is 1. The summed E-state index contributed by atoms with van der Waals surface area (Å²) >= 11 is 12.9. The van der Waals surface area contributed by atoms with Gasteiger partial charge in [-0.3, -0.25) is 19.2 Å². The van der Waals surface area contributed by atoms with Gasteiger partial charge < -0.3 is 26.0 Å². The Morgan fingerprint density at radius 3 is 2.27 bits per heavy atom. The number of hydrogen-bond donors (Lipinski definition) is 3. The van der Waals surface area contributed by atoms with Crippen LogP contribution in [0.2, 0.25) is 0 Å². The molecule has 4 amide bonds. The van der Waals surface area contributed by atoms with Crippen molar-refractivity contribution in [2.45, 2.75) is 99.7 Å². The Morgan fingerprint density at radius 2 is 1.73 bits per heavy atom. The van der Waals surface area contributed by atoms with Gasteiger partial charge in [-0.05, 0) is 44.9 Å². The minimum Gasteiger partial charge on any atom is -0.428 e. The number of hydrogen-bond acceptors (Lipinski definition) is 7. The highest BCUT2D eigenvalue weighted by Gasteiger charge is 2.74. The van der Waals surface area contributed by atoms with Crippen molar-refractivity contribution >= 4 is 52.8 Å². The van der Waals surface area contributed by atoms with Crippen molar-refractivity contribution in [3.63, 3.8) is 0 Å². The molecule has 40 heavy (non-hydrogen) atoms. The maximum atomic E-state index is 14.1. The van der Waals surface area contributed by atoms with Crippen molar-refractivity contribution in [1.82, 2.24) is 15.5 Å². The van der Waals surface area contributed by atoms with E-state index in [0.717, 1.165) is 38.5 Å². The van der Waals surface area contributed by atoms with Crippen LogP contribution in [0, 0.1) is 35.0 Å². The van der Waals surface area contributed by atoms with Crippen LogP contribution < -0.4 is 16.4 Å². The molecule has 4 fully saturated rings. The third-order valence-electron chi connectivity index (χ3n) is 8.83. The van der Waals surface area contributed by atoms with E-state index in [4.69, 9.17) is 33.7 Å². The molecule has 0 radical (unpaired) electrons. The number of alkyl halides is 2. The van der Waals surface area contributed by atoms with Gasteiger partial charge in [0.05, 0.1) is 6.04 Å². The lowest BCUT2D eigenvalue weighted by Crippen LogP contribution is -2.60. The second-order valence-corrected chi connectivity index (χ2v) is 13.5. The fraction of sp³-hybridized carbons (Fsp3) is 0.778. The number of ketones is 1. The maximum absolute atomic E-state index is 14.1. The van der Waals surface area contributed by atoms with E-state index >= 15 is 0 Å². The molecule has 4 N–H and O–H groups in total. The first-order valence-electron chi connectivity index (χ1n) is 14.0.